The minimum Gasteiger partial charge on any atom is -0.483 e. The summed E-state index contributed by atoms with van der Waals surface area (Å²) < 4.78 is 54.8. The molecule has 0 heterocycles. The number of hydrogen-bond donors (Lipinski definition) is 1. The fourth-order valence-corrected chi connectivity index (χ4v) is 2.14. The van der Waals surface area contributed by atoms with Crippen LogP contribution in [0.3, 0.4) is 0 Å². The number of anilines is 1. The summed E-state index contributed by atoms with van der Waals surface area (Å²) in [6, 6.07) is 8.80. The first kappa shape index (κ1) is 18.5. The summed E-state index contributed by atoms with van der Waals surface area (Å²) >= 11 is 5.78. The van der Waals surface area contributed by atoms with Gasteiger partial charge in [-0.3, -0.25) is 4.79 Å². The second-order valence-corrected chi connectivity index (χ2v) is 5.18. The maximum atomic E-state index is 13.7. The summed E-state index contributed by atoms with van der Waals surface area (Å²) in [5.41, 5.74) is -0.540. The highest BCUT2D eigenvalue weighted by molar-refractivity contribution is 6.34. The summed E-state index contributed by atoms with van der Waals surface area (Å²) in [6.07, 6.45) is -4.55. The van der Waals surface area contributed by atoms with Crippen LogP contribution in [-0.2, 0) is 0 Å². The zero-order chi connectivity index (χ0) is 18.6. The van der Waals surface area contributed by atoms with Crippen molar-refractivity contribution in [1.29, 1.82) is 5.26 Å². The summed E-state index contributed by atoms with van der Waals surface area (Å²) in [7, 11) is 0. The lowest BCUT2D eigenvalue weighted by molar-refractivity contribution is -0.153. The van der Waals surface area contributed by atoms with Gasteiger partial charge in [0.25, 0.3) is 5.91 Å². The average molecular weight is 373 g/mol. The van der Waals surface area contributed by atoms with Crippen molar-refractivity contribution < 1.29 is 27.1 Å². The number of carbonyl (C=O) groups excluding carboxylic acids is 1. The molecule has 2 aromatic rings. The highest BCUT2D eigenvalue weighted by Crippen LogP contribution is 2.26. The molecule has 0 unspecified atom stereocenters. The van der Waals surface area contributed by atoms with Gasteiger partial charge in [-0.2, -0.15) is 18.4 Å². The first-order chi connectivity index (χ1) is 11.7. The number of amides is 1. The van der Waals surface area contributed by atoms with Crippen LogP contribution in [0.15, 0.2) is 36.4 Å². The largest absolute Gasteiger partial charge is 0.483 e. The Labute approximate surface area is 144 Å². The van der Waals surface area contributed by atoms with E-state index in [1.54, 1.807) is 6.07 Å². The molecule has 0 radical (unpaired) electrons. The lowest BCUT2D eigenvalue weighted by Gasteiger charge is -2.12. The number of nitrogens with zero attached hydrogens (tertiary/aromatic N) is 1. The molecule has 130 valence electrons. The van der Waals surface area contributed by atoms with E-state index in [9.17, 15) is 22.4 Å². The third-order valence-corrected chi connectivity index (χ3v) is 3.25. The van der Waals surface area contributed by atoms with Gasteiger partial charge in [-0.1, -0.05) is 17.7 Å². The number of hydrogen-bond acceptors (Lipinski definition) is 3. The second kappa shape index (κ2) is 7.40. The first-order valence-electron chi connectivity index (χ1n) is 6.70. The number of benzene rings is 2. The van der Waals surface area contributed by atoms with Crippen LogP contribution in [0.2, 0.25) is 5.02 Å². The molecule has 0 spiro atoms. The molecule has 4 nitrogen and oxygen atoms in total. The maximum Gasteiger partial charge on any atom is 0.422 e. The zero-order valence-corrected chi connectivity index (χ0v) is 13.1. The Hall–Kier alpha value is -2.79. The Morgan fingerprint density at radius 2 is 2.00 bits per heavy atom. The van der Waals surface area contributed by atoms with E-state index < -0.39 is 24.5 Å². The maximum absolute atomic E-state index is 13.7. The van der Waals surface area contributed by atoms with Crippen molar-refractivity contribution in [3.8, 4) is 11.8 Å². The molecule has 0 saturated heterocycles. The molecule has 0 atom stereocenters. The van der Waals surface area contributed by atoms with Gasteiger partial charge >= 0.3 is 6.18 Å². The summed E-state index contributed by atoms with van der Waals surface area (Å²) in [5.74, 6) is -1.99. The molecule has 9 heteroatoms. The van der Waals surface area contributed by atoms with Crippen LogP contribution in [0, 0.1) is 17.1 Å². The van der Waals surface area contributed by atoms with Crippen LogP contribution in [0.1, 0.15) is 15.9 Å². The molecule has 0 saturated carbocycles. The summed E-state index contributed by atoms with van der Waals surface area (Å²) in [4.78, 5) is 12.1. The Morgan fingerprint density at radius 1 is 1.28 bits per heavy atom. The lowest BCUT2D eigenvalue weighted by Crippen LogP contribution is -2.19. The Kier molecular flexibility index (Phi) is 5.49. The molecular formula is C16H9ClF4N2O2. The third-order valence-electron chi connectivity index (χ3n) is 2.94. The predicted molar refractivity (Wildman–Crippen MR) is 82.1 cm³/mol. The highest BCUT2D eigenvalue weighted by atomic mass is 35.5. The highest BCUT2D eigenvalue weighted by Gasteiger charge is 2.29. The number of carbonyl (C=O) groups is 1. The van der Waals surface area contributed by atoms with Gasteiger partial charge in [-0.25, -0.2) is 4.39 Å². The van der Waals surface area contributed by atoms with Gasteiger partial charge in [0.2, 0.25) is 0 Å². The van der Waals surface area contributed by atoms with Gasteiger partial charge < -0.3 is 10.1 Å². The van der Waals surface area contributed by atoms with Crippen molar-refractivity contribution in [3.05, 3.63) is 58.4 Å². The van der Waals surface area contributed by atoms with Crippen LogP contribution in [0.25, 0.3) is 0 Å². The number of ether oxygens (including phenoxy) is 1. The van der Waals surface area contributed by atoms with Crippen molar-refractivity contribution in [2.45, 2.75) is 6.18 Å². The van der Waals surface area contributed by atoms with Crippen LogP contribution < -0.4 is 10.1 Å². The molecule has 0 aliphatic heterocycles. The molecule has 0 fully saturated rings. The van der Waals surface area contributed by atoms with Gasteiger partial charge in [0, 0.05) is 5.69 Å². The number of alkyl halides is 3. The van der Waals surface area contributed by atoms with E-state index in [4.69, 9.17) is 16.9 Å². The fraction of sp³-hybridized carbons (Fsp3) is 0.125. The monoisotopic (exact) mass is 372 g/mol. The van der Waals surface area contributed by atoms with Gasteiger partial charge in [0.05, 0.1) is 16.1 Å². The van der Waals surface area contributed by atoms with E-state index in [1.165, 1.54) is 18.2 Å². The van der Waals surface area contributed by atoms with Crippen LogP contribution in [-0.4, -0.2) is 18.7 Å². The molecule has 2 aromatic carbocycles. The van der Waals surface area contributed by atoms with Crippen molar-refractivity contribution in [2.24, 2.45) is 0 Å². The van der Waals surface area contributed by atoms with Gasteiger partial charge in [-0.15, -0.1) is 0 Å². The normalized spacial score (nSPS) is 10.9. The fourth-order valence-electron chi connectivity index (χ4n) is 1.89. The van der Waals surface area contributed by atoms with E-state index in [-0.39, 0.29) is 27.6 Å². The number of nitrogens with one attached hydrogen (secondary N) is 1. The van der Waals surface area contributed by atoms with Crippen LogP contribution in [0.5, 0.6) is 5.75 Å². The predicted octanol–water partition coefficient (Wildman–Crippen LogP) is 4.54. The molecular weight excluding hydrogens is 364 g/mol. The van der Waals surface area contributed by atoms with Gasteiger partial charge in [0.1, 0.15) is 17.6 Å². The summed E-state index contributed by atoms with van der Waals surface area (Å²) in [5, 5.41) is 11.2. The molecule has 0 aromatic heterocycles. The quantitative estimate of drug-likeness (QED) is 0.801. The topological polar surface area (TPSA) is 62.1 Å². The second-order valence-electron chi connectivity index (χ2n) is 4.78. The Morgan fingerprint density at radius 3 is 2.60 bits per heavy atom. The van der Waals surface area contributed by atoms with Crippen LogP contribution in [0.4, 0.5) is 23.2 Å². The molecule has 25 heavy (non-hydrogen) atoms. The van der Waals surface area contributed by atoms with E-state index >= 15 is 0 Å². The average Bonchev–Trinajstić information content (AvgIpc) is 2.52. The number of halogens is 5. The van der Waals surface area contributed by atoms with Crippen molar-refractivity contribution in [1.82, 2.24) is 0 Å². The van der Waals surface area contributed by atoms with E-state index in [2.05, 4.69) is 10.1 Å². The smallest absolute Gasteiger partial charge is 0.422 e. The Balaban J connectivity index is 2.21. The molecule has 0 aliphatic carbocycles. The SMILES string of the molecule is N#Cc1cc(NC(=O)c2c(F)cccc2Cl)ccc1OCC(F)(F)F. The van der Waals surface area contributed by atoms with Gasteiger partial charge in [-0.05, 0) is 30.3 Å². The third kappa shape index (κ3) is 4.84. The number of rotatable bonds is 4. The van der Waals surface area contributed by atoms with E-state index in [1.807, 2.05) is 0 Å². The summed E-state index contributed by atoms with van der Waals surface area (Å²) in [6.45, 7) is -1.56. The van der Waals surface area contributed by atoms with E-state index in [0.29, 0.717) is 0 Å². The van der Waals surface area contributed by atoms with Crippen molar-refractivity contribution in [2.75, 3.05) is 11.9 Å². The minimum absolute atomic E-state index is 0.0697. The standard InChI is InChI=1S/C16H9ClF4N2O2/c17-11-2-1-3-12(18)14(11)15(24)23-10-4-5-13(9(6-10)7-22)25-8-16(19,20)21/h1-6H,8H2,(H,23,24). The lowest BCUT2D eigenvalue weighted by atomic mass is 10.1. The molecule has 0 aliphatic rings. The molecule has 1 N–H and O–H groups in total. The minimum atomic E-state index is -4.55. The Bertz CT molecular complexity index is 827. The first-order valence-corrected chi connectivity index (χ1v) is 7.08. The molecule has 0 bridgehead atoms. The molecule has 1 amide bonds. The molecule has 2 rings (SSSR count). The van der Waals surface area contributed by atoms with Crippen LogP contribution >= 0.6 is 11.6 Å². The van der Waals surface area contributed by atoms with Gasteiger partial charge in [0.15, 0.2) is 6.61 Å². The van der Waals surface area contributed by atoms with Crippen molar-refractivity contribution >= 4 is 23.2 Å². The zero-order valence-electron chi connectivity index (χ0n) is 12.3. The number of nitriles is 1. The van der Waals surface area contributed by atoms with Crippen molar-refractivity contribution in [3.63, 3.8) is 0 Å². The van der Waals surface area contributed by atoms with E-state index in [0.717, 1.165) is 18.2 Å².